The van der Waals surface area contributed by atoms with Gasteiger partial charge in [-0.25, -0.2) is 4.79 Å². The molecule has 0 radical (unpaired) electrons. The second kappa shape index (κ2) is 5.54. The van der Waals surface area contributed by atoms with Gasteiger partial charge in [-0.05, 0) is 32.4 Å². The summed E-state index contributed by atoms with van der Waals surface area (Å²) in [6, 6.07) is 9.30. The van der Waals surface area contributed by atoms with E-state index in [2.05, 4.69) is 0 Å². The Balaban J connectivity index is 2.78. The van der Waals surface area contributed by atoms with Gasteiger partial charge in [0, 0.05) is 0 Å². The number of hydrogen-bond donors (Lipinski definition) is 0. The monoisotopic (exact) mass is 222 g/mol. The zero-order chi connectivity index (χ0) is 12.0. The second-order valence-corrected chi connectivity index (χ2v) is 3.72. The molecule has 0 amide bonds. The van der Waals surface area contributed by atoms with Crippen LogP contribution in [-0.2, 0) is 9.53 Å². The molecule has 0 fully saturated rings. The Labute approximate surface area is 96.4 Å². The smallest absolute Gasteiger partial charge is 0.350 e. The lowest BCUT2D eigenvalue weighted by atomic mass is 10.0. The summed E-state index contributed by atoms with van der Waals surface area (Å²) < 4.78 is 10.7. The Bertz CT molecular complexity index is 334. The molecule has 3 heteroatoms. The first-order chi connectivity index (χ1) is 7.62. The van der Waals surface area contributed by atoms with Crippen molar-refractivity contribution in [2.24, 2.45) is 0 Å². The molecule has 3 nitrogen and oxygen atoms in total. The van der Waals surface area contributed by atoms with E-state index in [4.69, 9.17) is 9.47 Å². The third-order valence-corrected chi connectivity index (χ3v) is 2.47. The zero-order valence-corrected chi connectivity index (χ0v) is 10.0. The van der Waals surface area contributed by atoms with Crippen molar-refractivity contribution in [1.29, 1.82) is 0 Å². The number of carbonyl (C=O) groups excluding carboxylic acids is 1. The minimum atomic E-state index is -0.905. The van der Waals surface area contributed by atoms with Gasteiger partial charge in [0.15, 0.2) is 0 Å². The third-order valence-electron chi connectivity index (χ3n) is 2.47. The van der Waals surface area contributed by atoms with Gasteiger partial charge in [0.1, 0.15) is 5.75 Å². The Hall–Kier alpha value is -1.51. The SMILES string of the molecule is CCOC(=O)C(C)(CC)Oc1ccccc1. The summed E-state index contributed by atoms with van der Waals surface area (Å²) in [5.41, 5.74) is -0.905. The van der Waals surface area contributed by atoms with Crippen molar-refractivity contribution in [3.8, 4) is 5.75 Å². The average molecular weight is 222 g/mol. The van der Waals surface area contributed by atoms with Crippen LogP contribution in [-0.4, -0.2) is 18.2 Å². The summed E-state index contributed by atoms with van der Waals surface area (Å²) in [6.45, 7) is 5.81. The van der Waals surface area contributed by atoms with Gasteiger partial charge in [0.25, 0.3) is 0 Å². The number of rotatable bonds is 5. The molecule has 0 aliphatic rings. The minimum absolute atomic E-state index is 0.318. The number of benzene rings is 1. The van der Waals surface area contributed by atoms with Crippen molar-refractivity contribution < 1.29 is 14.3 Å². The molecule has 1 aromatic rings. The van der Waals surface area contributed by atoms with E-state index < -0.39 is 5.60 Å². The average Bonchev–Trinajstić information content (AvgIpc) is 2.30. The summed E-state index contributed by atoms with van der Waals surface area (Å²) in [5.74, 6) is 0.362. The Morgan fingerprint density at radius 2 is 1.88 bits per heavy atom. The fourth-order valence-corrected chi connectivity index (χ4v) is 1.29. The first kappa shape index (κ1) is 12.6. The molecule has 0 aliphatic heterocycles. The maximum Gasteiger partial charge on any atom is 0.350 e. The fourth-order valence-electron chi connectivity index (χ4n) is 1.29. The molecule has 1 unspecified atom stereocenters. The van der Waals surface area contributed by atoms with Crippen molar-refractivity contribution in [3.05, 3.63) is 30.3 Å². The molecule has 0 aliphatic carbocycles. The van der Waals surface area contributed by atoms with Gasteiger partial charge in [-0.1, -0.05) is 25.1 Å². The van der Waals surface area contributed by atoms with Crippen LogP contribution >= 0.6 is 0 Å². The topological polar surface area (TPSA) is 35.5 Å². The van der Waals surface area contributed by atoms with Crippen molar-refractivity contribution >= 4 is 5.97 Å². The number of carbonyl (C=O) groups is 1. The lowest BCUT2D eigenvalue weighted by Gasteiger charge is -2.27. The van der Waals surface area contributed by atoms with Crippen molar-refractivity contribution in [1.82, 2.24) is 0 Å². The summed E-state index contributed by atoms with van der Waals surface area (Å²) in [7, 11) is 0. The molecule has 0 saturated carbocycles. The number of esters is 1. The van der Waals surface area contributed by atoms with Crippen LogP contribution in [0.5, 0.6) is 5.75 Å². The predicted octanol–water partition coefficient (Wildman–Crippen LogP) is 2.80. The quantitative estimate of drug-likeness (QED) is 0.719. The molecule has 0 saturated heterocycles. The van der Waals surface area contributed by atoms with Crippen LogP contribution in [0.3, 0.4) is 0 Å². The van der Waals surface area contributed by atoms with Gasteiger partial charge in [0.2, 0.25) is 5.60 Å². The third kappa shape index (κ3) is 2.99. The maximum atomic E-state index is 11.8. The van der Waals surface area contributed by atoms with Crippen LogP contribution in [0, 0.1) is 0 Å². The van der Waals surface area contributed by atoms with Gasteiger partial charge in [0.05, 0.1) is 6.61 Å². The lowest BCUT2D eigenvalue weighted by Crippen LogP contribution is -2.42. The molecule has 1 rings (SSSR count). The molecular weight excluding hydrogens is 204 g/mol. The van der Waals surface area contributed by atoms with Crippen LogP contribution < -0.4 is 4.74 Å². The summed E-state index contributed by atoms with van der Waals surface area (Å²) in [4.78, 5) is 11.8. The highest BCUT2D eigenvalue weighted by molar-refractivity contribution is 5.79. The molecule has 16 heavy (non-hydrogen) atoms. The zero-order valence-electron chi connectivity index (χ0n) is 10.0. The molecule has 1 aromatic carbocycles. The minimum Gasteiger partial charge on any atom is -0.476 e. The van der Waals surface area contributed by atoms with E-state index in [0.29, 0.717) is 18.8 Å². The van der Waals surface area contributed by atoms with Gasteiger partial charge in [-0.2, -0.15) is 0 Å². The van der Waals surface area contributed by atoms with E-state index in [1.54, 1.807) is 13.8 Å². The Morgan fingerprint density at radius 1 is 1.25 bits per heavy atom. The second-order valence-electron chi connectivity index (χ2n) is 3.72. The maximum absolute atomic E-state index is 11.8. The number of ether oxygens (including phenoxy) is 2. The molecule has 1 atom stereocenters. The highest BCUT2D eigenvalue weighted by Gasteiger charge is 2.35. The highest BCUT2D eigenvalue weighted by atomic mass is 16.6. The lowest BCUT2D eigenvalue weighted by molar-refractivity contribution is -0.160. The molecule has 0 aromatic heterocycles. The van der Waals surface area contributed by atoms with E-state index in [9.17, 15) is 4.79 Å². The van der Waals surface area contributed by atoms with Crippen LogP contribution in [0.2, 0.25) is 0 Å². The van der Waals surface area contributed by atoms with Gasteiger partial charge in [-0.3, -0.25) is 0 Å². The standard InChI is InChI=1S/C13H18O3/c1-4-13(3,12(14)15-5-2)16-11-9-7-6-8-10-11/h6-10H,4-5H2,1-3H3. The molecule has 0 heterocycles. The molecule has 0 spiro atoms. The largest absolute Gasteiger partial charge is 0.476 e. The van der Waals surface area contributed by atoms with E-state index in [-0.39, 0.29) is 5.97 Å². The Kier molecular flexibility index (Phi) is 4.35. The highest BCUT2D eigenvalue weighted by Crippen LogP contribution is 2.22. The van der Waals surface area contributed by atoms with Gasteiger partial charge >= 0.3 is 5.97 Å². The fraction of sp³-hybridized carbons (Fsp3) is 0.462. The van der Waals surface area contributed by atoms with Gasteiger partial charge < -0.3 is 9.47 Å². The van der Waals surface area contributed by atoms with Crippen molar-refractivity contribution in [3.63, 3.8) is 0 Å². The first-order valence-corrected chi connectivity index (χ1v) is 5.53. The summed E-state index contributed by atoms with van der Waals surface area (Å²) >= 11 is 0. The first-order valence-electron chi connectivity index (χ1n) is 5.53. The van der Waals surface area contributed by atoms with Crippen LogP contribution in [0.4, 0.5) is 0 Å². The molecular formula is C13H18O3. The number of para-hydroxylation sites is 1. The summed E-state index contributed by atoms with van der Waals surface area (Å²) in [5, 5.41) is 0. The van der Waals surface area contributed by atoms with Crippen LogP contribution in [0.15, 0.2) is 30.3 Å². The predicted molar refractivity (Wildman–Crippen MR) is 62.4 cm³/mol. The van der Waals surface area contributed by atoms with E-state index in [0.717, 1.165) is 0 Å². The van der Waals surface area contributed by atoms with Crippen LogP contribution in [0.25, 0.3) is 0 Å². The van der Waals surface area contributed by atoms with Gasteiger partial charge in [-0.15, -0.1) is 0 Å². The van der Waals surface area contributed by atoms with Crippen molar-refractivity contribution in [2.45, 2.75) is 32.8 Å². The molecule has 0 bridgehead atoms. The van der Waals surface area contributed by atoms with E-state index in [1.807, 2.05) is 37.3 Å². The normalized spacial score (nSPS) is 13.9. The molecule has 0 N–H and O–H groups in total. The van der Waals surface area contributed by atoms with Crippen molar-refractivity contribution in [2.75, 3.05) is 6.61 Å². The number of hydrogen-bond acceptors (Lipinski definition) is 3. The van der Waals surface area contributed by atoms with Crippen LogP contribution in [0.1, 0.15) is 27.2 Å². The van der Waals surface area contributed by atoms with E-state index >= 15 is 0 Å². The molecule has 88 valence electrons. The Morgan fingerprint density at radius 3 is 2.38 bits per heavy atom. The summed E-state index contributed by atoms with van der Waals surface area (Å²) in [6.07, 6.45) is 0.570. The van der Waals surface area contributed by atoms with E-state index in [1.165, 1.54) is 0 Å².